The van der Waals surface area contributed by atoms with Crippen LogP contribution in [0.1, 0.15) is 166 Å². The quantitative estimate of drug-likeness (QED) is 0.0319. The number of carbonyl (C=O) groups is 10. The Kier molecular flexibility index (Phi) is 37.0. The van der Waals surface area contributed by atoms with Crippen LogP contribution < -0.4 is 76.5 Å². The van der Waals surface area contributed by atoms with E-state index in [0.29, 0.717) is 51.5 Å². The van der Waals surface area contributed by atoms with E-state index < -0.39 is 125 Å². The van der Waals surface area contributed by atoms with E-state index in [1.54, 1.807) is 13.8 Å². The maximum absolute atomic E-state index is 14.4. The molecule has 456 valence electrons. The summed E-state index contributed by atoms with van der Waals surface area (Å²) in [4.78, 5) is 137. The molecule has 0 unspecified atom stereocenters. The van der Waals surface area contributed by atoms with Crippen molar-refractivity contribution in [1.29, 1.82) is 0 Å². The van der Waals surface area contributed by atoms with E-state index in [9.17, 15) is 53.1 Å². The SMILES string of the molecule is CC[C@H](C)[C@H](NC(=O)[C@H](CCCCN)NC(=O)[C@H](CCCCN)NC(=O)[C@H](CC(C)C)NC(=O)[C@H](CC(C)C)NC(=O)CN)C(=O)N[C@@H](CCCCN)C(=O)N[C@H](C(=O)N[C@@H](CC(C)C)C(=O)N[C@@H](CC(C)C)C(N)=O)[C@@H](C)O. The van der Waals surface area contributed by atoms with Gasteiger partial charge in [-0.05, 0) is 140 Å². The van der Waals surface area contributed by atoms with Crippen LogP contribution in [0.3, 0.4) is 0 Å². The lowest BCUT2D eigenvalue weighted by molar-refractivity contribution is -0.137. The highest BCUT2D eigenvalue weighted by atomic mass is 16.3. The predicted octanol–water partition coefficient (Wildman–Crippen LogP) is -1.21. The van der Waals surface area contributed by atoms with Gasteiger partial charge in [-0.3, -0.25) is 47.9 Å². The Labute approximate surface area is 469 Å². The number of carbonyl (C=O) groups excluding carboxylic acids is 10. The first-order valence-corrected chi connectivity index (χ1v) is 28.6. The fourth-order valence-corrected chi connectivity index (χ4v) is 8.59. The third-order valence-electron chi connectivity index (χ3n) is 13.2. The van der Waals surface area contributed by atoms with Crippen LogP contribution in [0.25, 0.3) is 0 Å². The van der Waals surface area contributed by atoms with Crippen LogP contribution in [-0.2, 0) is 47.9 Å². The van der Waals surface area contributed by atoms with Crippen molar-refractivity contribution in [3.8, 4) is 0 Å². The van der Waals surface area contributed by atoms with Gasteiger partial charge in [0.25, 0.3) is 0 Å². The van der Waals surface area contributed by atoms with E-state index in [2.05, 4.69) is 47.9 Å². The largest absolute Gasteiger partial charge is 0.391 e. The van der Waals surface area contributed by atoms with Crippen LogP contribution in [0.2, 0.25) is 0 Å². The van der Waals surface area contributed by atoms with Gasteiger partial charge in [-0.2, -0.15) is 0 Å². The molecule has 25 nitrogen and oxygen atoms in total. The molecule has 0 aliphatic heterocycles. The van der Waals surface area contributed by atoms with Crippen LogP contribution >= 0.6 is 0 Å². The van der Waals surface area contributed by atoms with Crippen molar-refractivity contribution in [3.63, 3.8) is 0 Å². The molecule has 0 aliphatic carbocycles. The second-order valence-corrected chi connectivity index (χ2v) is 22.6. The number of aliphatic hydroxyl groups is 1. The number of rotatable bonds is 42. The average Bonchev–Trinajstić information content (AvgIpc) is 3.36. The van der Waals surface area contributed by atoms with Gasteiger partial charge in [-0.25, -0.2) is 0 Å². The molecule has 79 heavy (non-hydrogen) atoms. The highest BCUT2D eigenvalue weighted by Crippen LogP contribution is 2.15. The summed E-state index contributed by atoms with van der Waals surface area (Å²) >= 11 is 0. The molecule has 0 aromatic heterocycles. The lowest BCUT2D eigenvalue weighted by atomic mass is 9.96. The zero-order valence-electron chi connectivity index (χ0n) is 49.3. The average molecular weight is 1130 g/mol. The molecule has 0 saturated heterocycles. The van der Waals surface area contributed by atoms with Gasteiger partial charge in [0.1, 0.15) is 54.4 Å². The molecule has 0 spiro atoms. The molecule has 11 atom stereocenters. The van der Waals surface area contributed by atoms with Gasteiger partial charge in [0, 0.05) is 0 Å². The van der Waals surface area contributed by atoms with Gasteiger partial charge in [-0.1, -0.05) is 75.7 Å². The predicted molar refractivity (Wildman–Crippen MR) is 303 cm³/mol. The summed E-state index contributed by atoms with van der Waals surface area (Å²) in [5.74, 6) is -7.96. The highest BCUT2D eigenvalue weighted by molar-refractivity contribution is 5.98. The standard InChI is InChI=1S/C54H104N14O11/c1-12-34(10)44(53(78)63-38(21-15-18-24-57)49(74)68-45(35(11)69)54(79)66-42(28-33(8)9)52(77)64-39(46(59)71)25-30(2)3)67-48(73)37(20-14-17-23-56)61-47(72)36(19-13-16-22-55)62-51(76)41(27-32(6)7)65-50(75)40(26-31(4)5)60-43(70)29-58/h30-42,44-45,69H,12-29,55-58H2,1-11H3,(H2,59,71)(H,60,70)(H,61,72)(H,62,76)(H,63,78)(H,64,77)(H,65,75)(H,66,79)(H,67,73)(H,68,74)/t34-,35+,36-,37-,38-,39-,40-,41-,42-,44-,45-/m0/s1. The van der Waals surface area contributed by atoms with Crippen LogP contribution in [0.15, 0.2) is 0 Å². The number of unbranched alkanes of at least 4 members (excludes halogenated alkanes) is 3. The number of primary amides is 1. The molecule has 0 aromatic rings. The minimum absolute atomic E-state index is 0.00278. The van der Waals surface area contributed by atoms with E-state index in [0.717, 1.165) is 0 Å². The summed E-state index contributed by atoms with van der Waals surface area (Å²) in [6.07, 6.45) is 2.54. The summed E-state index contributed by atoms with van der Waals surface area (Å²) in [5, 5.41) is 35.1. The van der Waals surface area contributed by atoms with E-state index in [-0.39, 0.29) is 88.3 Å². The maximum atomic E-state index is 14.4. The topological polar surface area (TPSA) is 429 Å². The van der Waals surface area contributed by atoms with Gasteiger partial charge in [0.15, 0.2) is 0 Å². The van der Waals surface area contributed by atoms with Gasteiger partial charge in [0.2, 0.25) is 59.1 Å². The van der Waals surface area contributed by atoms with E-state index in [4.69, 9.17) is 28.7 Å². The molecule has 0 aromatic carbocycles. The molecular formula is C54H104N14O11. The van der Waals surface area contributed by atoms with Gasteiger partial charge >= 0.3 is 0 Å². The number of hydrogen-bond donors (Lipinski definition) is 15. The zero-order valence-corrected chi connectivity index (χ0v) is 49.3. The van der Waals surface area contributed by atoms with E-state index >= 15 is 0 Å². The van der Waals surface area contributed by atoms with E-state index in [1.165, 1.54) is 6.92 Å². The van der Waals surface area contributed by atoms with Gasteiger partial charge in [0.05, 0.1) is 12.6 Å². The third-order valence-corrected chi connectivity index (χ3v) is 13.2. The Morgan fingerprint density at radius 1 is 0.367 bits per heavy atom. The van der Waals surface area contributed by atoms with Crippen molar-refractivity contribution >= 4 is 59.1 Å². The Balaban J connectivity index is 6.88. The number of aliphatic hydroxyl groups excluding tert-OH is 1. The summed E-state index contributed by atoms with van der Waals surface area (Å²) in [6.45, 7) is 20.1. The second-order valence-electron chi connectivity index (χ2n) is 22.6. The minimum Gasteiger partial charge on any atom is -0.391 e. The van der Waals surface area contributed by atoms with Crippen molar-refractivity contribution in [2.24, 2.45) is 58.3 Å². The lowest BCUT2D eigenvalue weighted by Crippen LogP contribution is -2.62. The Morgan fingerprint density at radius 2 is 0.646 bits per heavy atom. The number of nitrogens with one attached hydrogen (secondary N) is 9. The molecule has 0 bridgehead atoms. The first-order chi connectivity index (χ1) is 37.1. The van der Waals surface area contributed by atoms with Crippen molar-refractivity contribution in [2.75, 3.05) is 26.2 Å². The van der Waals surface area contributed by atoms with Crippen molar-refractivity contribution in [2.45, 2.75) is 227 Å². The number of amides is 10. The third kappa shape index (κ3) is 30.1. The van der Waals surface area contributed by atoms with Crippen LogP contribution in [0.4, 0.5) is 0 Å². The normalized spacial score (nSPS) is 15.7. The first kappa shape index (κ1) is 73.5. The van der Waals surface area contributed by atoms with Gasteiger partial charge in [-0.15, -0.1) is 0 Å². The molecule has 0 heterocycles. The van der Waals surface area contributed by atoms with Crippen LogP contribution in [0, 0.1) is 29.6 Å². The molecule has 25 heteroatoms. The Morgan fingerprint density at radius 3 is 0.975 bits per heavy atom. The maximum Gasteiger partial charge on any atom is 0.245 e. The number of hydrogen-bond acceptors (Lipinski definition) is 15. The molecule has 10 amide bonds. The molecule has 0 aliphatic rings. The second kappa shape index (κ2) is 39.8. The highest BCUT2D eigenvalue weighted by Gasteiger charge is 2.37. The molecule has 0 radical (unpaired) electrons. The molecule has 0 saturated carbocycles. The molecular weight excluding hydrogens is 1020 g/mol. The number of nitrogens with two attached hydrogens (primary N) is 5. The lowest BCUT2D eigenvalue weighted by Gasteiger charge is -2.30. The van der Waals surface area contributed by atoms with Crippen LogP contribution in [-0.4, -0.2) is 151 Å². The Bertz CT molecular complexity index is 1910. The molecule has 0 rings (SSSR count). The zero-order chi connectivity index (χ0) is 60.5. The summed E-state index contributed by atoms with van der Waals surface area (Å²) in [7, 11) is 0. The smallest absolute Gasteiger partial charge is 0.245 e. The monoisotopic (exact) mass is 1120 g/mol. The summed E-state index contributed by atoms with van der Waals surface area (Å²) in [5.41, 5.74) is 28.5. The molecule has 0 fully saturated rings. The van der Waals surface area contributed by atoms with Crippen molar-refractivity contribution < 1.29 is 53.1 Å². The van der Waals surface area contributed by atoms with Crippen LogP contribution in [0.5, 0.6) is 0 Å². The fraction of sp³-hybridized carbons (Fsp3) is 0.815. The van der Waals surface area contributed by atoms with Crippen molar-refractivity contribution in [1.82, 2.24) is 47.9 Å². The summed E-state index contributed by atoms with van der Waals surface area (Å²) in [6, 6.07) is -10.9. The molecule has 20 N–H and O–H groups in total. The van der Waals surface area contributed by atoms with Gasteiger partial charge < -0.3 is 81.6 Å². The Hall–Kier alpha value is -5.50. The van der Waals surface area contributed by atoms with Crippen molar-refractivity contribution in [3.05, 3.63) is 0 Å². The summed E-state index contributed by atoms with van der Waals surface area (Å²) < 4.78 is 0. The minimum atomic E-state index is -1.61. The van der Waals surface area contributed by atoms with E-state index in [1.807, 2.05) is 55.4 Å². The first-order valence-electron chi connectivity index (χ1n) is 28.6. The fourth-order valence-electron chi connectivity index (χ4n) is 8.59.